The molecule has 0 aromatic carbocycles. The van der Waals surface area contributed by atoms with Crippen LogP contribution in [0.4, 0.5) is 0 Å². The Morgan fingerprint density at radius 1 is 1.21 bits per heavy atom. The number of hydrogen-bond donors (Lipinski definition) is 1. The zero-order valence-electron chi connectivity index (χ0n) is 13.5. The molecule has 1 saturated carbocycles. The van der Waals surface area contributed by atoms with Crippen molar-refractivity contribution in [1.82, 2.24) is 9.29 Å². The standard InChI is InChI=1S/C17H22N2O4S/c20-17(21)16-8-4-7-15(18-16)13-9-11-19(12-10-13)24(22,23)14-5-2-1-3-6-14/h4,7-9,14H,1-3,5-6,10-12H2,(H,20,21). The number of nitrogens with zero attached hydrogens (tertiary/aromatic N) is 2. The molecule has 0 spiro atoms. The van der Waals surface area contributed by atoms with Crippen molar-refractivity contribution in [1.29, 1.82) is 0 Å². The average Bonchev–Trinajstić information content (AvgIpc) is 2.62. The van der Waals surface area contributed by atoms with Crippen molar-refractivity contribution in [3.63, 3.8) is 0 Å². The van der Waals surface area contributed by atoms with Gasteiger partial charge in [0.2, 0.25) is 10.0 Å². The molecule has 1 aliphatic carbocycles. The lowest BCUT2D eigenvalue weighted by atomic mass is 10.0. The van der Waals surface area contributed by atoms with Crippen molar-refractivity contribution in [2.75, 3.05) is 13.1 Å². The van der Waals surface area contributed by atoms with Gasteiger partial charge in [0.15, 0.2) is 0 Å². The summed E-state index contributed by atoms with van der Waals surface area (Å²) in [5.41, 5.74) is 1.53. The maximum Gasteiger partial charge on any atom is 0.354 e. The molecule has 1 aromatic rings. The zero-order chi connectivity index (χ0) is 17.2. The molecule has 0 unspecified atom stereocenters. The van der Waals surface area contributed by atoms with Crippen LogP contribution in [0.25, 0.3) is 5.57 Å². The molecule has 0 bridgehead atoms. The van der Waals surface area contributed by atoms with Gasteiger partial charge in [-0.15, -0.1) is 0 Å². The molecule has 1 fully saturated rings. The van der Waals surface area contributed by atoms with E-state index in [1.165, 1.54) is 6.07 Å². The lowest BCUT2D eigenvalue weighted by molar-refractivity contribution is 0.0690. The second-order valence-electron chi connectivity index (χ2n) is 6.36. The van der Waals surface area contributed by atoms with E-state index < -0.39 is 16.0 Å². The van der Waals surface area contributed by atoms with Crippen LogP contribution in [-0.4, -0.2) is 47.1 Å². The molecule has 0 atom stereocenters. The number of hydrogen-bond acceptors (Lipinski definition) is 4. The molecule has 6 nitrogen and oxygen atoms in total. The van der Waals surface area contributed by atoms with Gasteiger partial charge in [0.1, 0.15) is 5.69 Å². The number of carboxylic acid groups (broad SMARTS) is 1. The number of carboxylic acids is 1. The van der Waals surface area contributed by atoms with Crippen molar-refractivity contribution in [3.8, 4) is 0 Å². The molecule has 1 N–H and O–H groups in total. The van der Waals surface area contributed by atoms with E-state index in [1.807, 2.05) is 6.08 Å². The van der Waals surface area contributed by atoms with Gasteiger partial charge >= 0.3 is 5.97 Å². The van der Waals surface area contributed by atoms with Crippen molar-refractivity contribution in [3.05, 3.63) is 35.7 Å². The average molecular weight is 350 g/mol. The van der Waals surface area contributed by atoms with Crippen molar-refractivity contribution in [2.24, 2.45) is 0 Å². The summed E-state index contributed by atoms with van der Waals surface area (Å²) in [7, 11) is -3.24. The van der Waals surface area contributed by atoms with Gasteiger partial charge in [0.25, 0.3) is 0 Å². The Kier molecular flexibility index (Phi) is 5.01. The van der Waals surface area contributed by atoms with E-state index in [4.69, 9.17) is 5.11 Å². The monoisotopic (exact) mass is 350 g/mol. The number of aromatic nitrogens is 1. The van der Waals surface area contributed by atoms with Gasteiger partial charge in [-0.05, 0) is 37.0 Å². The Labute approximate surface area is 142 Å². The van der Waals surface area contributed by atoms with Crippen LogP contribution < -0.4 is 0 Å². The maximum atomic E-state index is 12.7. The Morgan fingerprint density at radius 3 is 2.58 bits per heavy atom. The fourth-order valence-corrected chi connectivity index (χ4v) is 5.40. The fraction of sp³-hybridized carbons (Fsp3) is 0.529. The van der Waals surface area contributed by atoms with Gasteiger partial charge < -0.3 is 5.11 Å². The van der Waals surface area contributed by atoms with E-state index in [0.717, 1.165) is 37.7 Å². The highest BCUT2D eigenvalue weighted by atomic mass is 32.2. The van der Waals surface area contributed by atoms with E-state index in [1.54, 1.807) is 16.4 Å². The second-order valence-corrected chi connectivity index (χ2v) is 8.57. The highest BCUT2D eigenvalue weighted by Gasteiger charge is 2.33. The molecule has 0 radical (unpaired) electrons. The van der Waals surface area contributed by atoms with Crippen molar-refractivity contribution >= 4 is 21.6 Å². The lowest BCUT2D eigenvalue weighted by Gasteiger charge is -2.31. The highest BCUT2D eigenvalue weighted by molar-refractivity contribution is 7.89. The first-order valence-electron chi connectivity index (χ1n) is 8.37. The van der Waals surface area contributed by atoms with E-state index in [9.17, 15) is 13.2 Å². The normalized spacial score (nSPS) is 20.6. The summed E-state index contributed by atoms with van der Waals surface area (Å²) in [5, 5.41) is 8.79. The maximum absolute atomic E-state index is 12.7. The summed E-state index contributed by atoms with van der Waals surface area (Å²) in [5.74, 6) is -1.06. The Balaban J connectivity index is 1.74. The molecular weight excluding hydrogens is 328 g/mol. The SMILES string of the molecule is O=C(O)c1cccc(C2=CCN(S(=O)(=O)C3CCCCC3)CC2)n1. The van der Waals surface area contributed by atoms with Gasteiger partial charge in [-0.2, -0.15) is 4.31 Å². The minimum Gasteiger partial charge on any atom is -0.477 e. The molecule has 1 aliphatic heterocycles. The topological polar surface area (TPSA) is 87.6 Å². The van der Waals surface area contributed by atoms with E-state index in [-0.39, 0.29) is 10.9 Å². The van der Waals surface area contributed by atoms with Crippen LogP contribution in [0.3, 0.4) is 0 Å². The summed E-state index contributed by atoms with van der Waals surface area (Å²) in [6.45, 7) is 0.775. The summed E-state index contributed by atoms with van der Waals surface area (Å²) in [6.07, 6.45) is 7.05. The summed E-state index contributed by atoms with van der Waals surface area (Å²) < 4.78 is 27.0. The van der Waals surface area contributed by atoms with Gasteiger partial charge in [0, 0.05) is 13.1 Å². The third-order valence-electron chi connectivity index (χ3n) is 4.80. The third kappa shape index (κ3) is 3.52. The second kappa shape index (κ2) is 7.03. The number of aromatic carboxylic acids is 1. The van der Waals surface area contributed by atoms with Crippen LogP contribution in [0, 0.1) is 0 Å². The van der Waals surface area contributed by atoms with Gasteiger partial charge in [-0.25, -0.2) is 18.2 Å². The van der Waals surface area contributed by atoms with Crippen LogP contribution in [0.1, 0.15) is 54.7 Å². The largest absolute Gasteiger partial charge is 0.477 e. The van der Waals surface area contributed by atoms with Crippen molar-refractivity contribution < 1.29 is 18.3 Å². The Hall–Kier alpha value is -1.73. The lowest BCUT2D eigenvalue weighted by Crippen LogP contribution is -2.41. The fourth-order valence-electron chi connectivity index (χ4n) is 3.42. The van der Waals surface area contributed by atoms with Gasteiger partial charge in [0.05, 0.1) is 10.9 Å². The first kappa shape index (κ1) is 17.1. The molecule has 7 heteroatoms. The number of sulfonamides is 1. The predicted octanol–water partition coefficient (Wildman–Crippen LogP) is 2.53. The summed E-state index contributed by atoms with van der Waals surface area (Å²) in [4.78, 5) is 15.2. The Bertz CT molecular complexity index is 752. The smallest absolute Gasteiger partial charge is 0.354 e. The van der Waals surface area contributed by atoms with Gasteiger partial charge in [-0.1, -0.05) is 31.4 Å². The molecule has 0 amide bonds. The number of carbonyl (C=O) groups is 1. The third-order valence-corrected chi connectivity index (χ3v) is 7.17. The quantitative estimate of drug-likeness (QED) is 0.901. The molecule has 2 aliphatic rings. The molecule has 2 heterocycles. The highest BCUT2D eigenvalue weighted by Crippen LogP contribution is 2.29. The first-order valence-corrected chi connectivity index (χ1v) is 9.87. The molecule has 1 aromatic heterocycles. The van der Waals surface area contributed by atoms with E-state index in [0.29, 0.717) is 25.2 Å². The Morgan fingerprint density at radius 2 is 1.96 bits per heavy atom. The minimum absolute atomic E-state index is 0.00524. The molecular formula is C17H22N2O4S. The van der Waals surface area contributed by atoms with E-state index >= 15 is 0 Å². The van der Waals surface area contributed by atoms with Crippen LogP contribution in [0.2, 0.25) is 0 Å². The molecule has 130 valence electrons. The minimum atomic E-state index is -3.24. The molecule has 24 heavy (non-hydrogen) atoms. The molecule has 3 rings (SSSR count). The van der Waals surface area contributed by atoms with Crippen LogP contribution in [-0.2, 0) is 10.0 Å². The van der Waals surface area contributed by atoms with Gasteiger partial charge in [-0.3, -0.25) is 0 Å². The summed E-state index contributed by atoms with van der Waals surface area (Å²) >= 11 is 0. The number of pyridine rings is 1. The molecule has 0 saturated heterocycles. The van der Waals surface area contributed by atoms with Crippen LogP contribution >= 0.6 is 0 Å². The van der Waals surface area contributed by atoms with E-state index in [2.05, 4.69) is 4.98 Å². The predicted molar refractivity (Wildman–Crippen MR) is 91.2 cm³/mol. The van der Waals surface area contributed by atoms with Crippen LogP contribution in [0.5, 0.6) is 0 Å². The zero-order valence-corrected chi connectivity index (χ0v) is 14.3. The van der Waals surface area contributed by atoms with Crippen molar-refractivity contribution in [2.45, 2.75) is 43.8 Å². The van der Waals surface area contributed by atoms with Crippen LogP contribution in [0.15, 0.2) is 24.3 Å². The first-order chi connectivity index (χ1) is 11.5. The summed E-state index contributed by atoms with van der Waals surface area (Å²) in [6, 6.07) is 4.89. The number of rotatable bonds is 4.